The van der Waals surface area contributed by atoms with Crippen LogP contribution in [0.3, 0.4) is 0 Å². The van der Waals surface area contributed by atoms with Crippen LogP contribution in [0.1, 0.15) is 32.2 Å². The van der Waals surface area contributed by atoms with Crippen LogP contribution >= 0.6 is 11.6 Å². The molecule has 1 aliphatic heterocycles. The first-order valence-electron chi connectivity index (χ1n) is 10.4. The van der Waals surface area contributed by atoms with Crippen molar-refractivity contribution in [1.29, 1.82) is 0 Å². The molecular weight excluding hydrogens is 406 g/mol. The van der Waals surface area contributed by atoms with Gasteiger partial charge in [-0.15, -0.1) is 10.2 Å². The van der Waals surface area contributed by atoms with Gasteiger partial charge < -0.3 is 10.2 Å². The fourth-order valence-electron chi connectivity index (χ4n) is 3.55. The van der Waals surface area contributed by atoms with E-state index in [4.69, 9.17) is 11.6 Å². The van der Waals surface area contributed by atoms with Crippen molar-refractivity contribution in [3.63, 3.8) is 0 Å². The van der Waals surface area contributed by atoms with Crippen molar-refractivity contribution in [2.75, 3.05) is 32.7 Å². The number of hydrogen-bond donors (Lipinski definition) is 1. The maximum atomic E-state index is 13.1. The Kier molecular flexibility index (Phi) is 6.29. The smallest absolute Gasteiger partial charge is 0.249 e. The Hall–Kier alpha value is -2.52. The summed E-state index contributed by atoms with van der Waals surface area (Å²) in [6, 6.07) is 7.06. The summed E-state index contributed by atoms with van der Waals surface area (Å²) in [4.78, 5) is 30.4. The number of aromatic nitrogens is 4. The van der Waals surface area contributed by atoms with E-state index in [2.05, 4.69) is 25.6 Å². The fraction of sp³-hybridized carbons (Fsp3) is 0.550. The van der Waals surface area contributed by atoms with Gasteiger partial charge in [0, 0.05) is 42.8 Å². The Bertz CT molecular complexity index is 889. The van der Waals surface area contributed by atoms with Crippen LogP contribution < -0.4 is 5.32 Å². The van der Waals surface area contributed by atoms with Crippen molar-refractivity contribution in [3.8, 4) is 11.4 Å². The maximum Gasteiger partial charge on any atom is 0.249 e. The summed E-state index contributed by atoms with van der Waals surface area (Å²) >= 11 is 5.93. The van der Waals surface area contributed by atoms with Crippen molar-refractivity contribution in [2.24, 2.45) is 0 Å². The SMILES string of the molecule is CC[C@@H](C(=O)N1CCN(CC(=O)NC2CC2)CC1)n1nnc(-c2ccc(Cl)cc2)n1. The van der Waals surface area contributed by atoms with Crippen LogP contribution in [0.15, 0.2) is 24.3 Å². The summed E-state index contributed by atoms with van der Waals surface area (Å²) in [7, 11) is 0. The van der Waals surface area contributed by atoms with E-state index in [1.807, 2.05) is 24.0 Å². The van der Waals surface area contributed by atoms with Crippen LogP contribution in [-0.2, 0) is 9.59 Å². The van der Waals surface area contributed by atoms with Crippen molar-refractivity contribution in [1.82, 2.24) is 35.3 Å². The molecule has 160 valence electrons. The van der Waals surface area contributed by atoms with E-state index in [1.165, 1.54) is 4.80 Å². The summed E-state index contributed by atoms with van der Waals surface area (Å²) in [6.07, 6.45) is 2.74. The second kappa shape index (κ2) is 9.09. The summed E-state index contributed by atoms with van der Waals surface area (Å²) in [5.74, 6) is 0.523. The standard InChI is InChI=1S/C20H26ClN7O2/c1-2-17(28-24-19(23-25-28)14-3-5-15(21)6-4-14)20(30)27-11-9-26(10-12-27)13-18(29)22-16-7-8-16/h3-6,16-17H,2,7-13H2,1H3,(H,22,29)/t17-/m0/s1. The highest BCUT2D eigenvalue weighted by Crippen LogP contribution is 2.20. The fourth-order valence-corrected chi connectivity index (χ4v) is 3.68. The molecule has 1 aromatic carbocycles. The number of nitrogens with zero attached hydrogens (tertiary/aromatic N) is 6. The van der Waals surface area contributed by atoms with Crippen LogP contribution in [0.4, 0.5) is 0 Å². The van der Waals surface area contributed by atoms with Gasteiger partial charge >= 0.3 is 0 Å². The zero-order chi connectivity index (χ0) is 21.1. The molecule has 1 aromatic heterocycles. The van der Waals surface area contributed by atoms with Crippen molar-refractivity contribution < 1.29 is 9.59 Å². The van der Waals surface area contributed by atoms with Gasteiger partial charge in [-0.3, -0.25) is 14.5 Å². The number of carbonyl (C=O) groups excluding carboxylic acids is 2. The third kappa shape index (κ3) is 4.96. The van der Waals surface area contributed by atoms with Gasteiger partial charge in [0.2, 0.25) is 17.6 Å². The van der Waals surface area contributed by atoms with Gasteiger partial charge in [0.15, 0.2) is 6.04 Å². The number of carbonyl (C=O) groups is 2. The lowest BCUT2D eigenvalue weighted by Gasteiger charge is -2.35. The lowest BCUT2D eigenvalue weighted by atomic mass is 10.2. The first-order valence-corrected chi connectivity index (χ1v) is 10.8. The van der Waals surface area contributed by atoms with Gasteiger partial charge in [-0.2, -0.15) is 4.80 Å². The van der Waals surface area contributed by atoms with E-state index in [0.717, 1.165) is 18.4 Å². The van der Waals surface area contributed by atoms with Crippen LogP contribution in [0.5, 0.6) is 0 Å². The molecule has 0 spiro atoms. The van der Waals surface area contributed by atoms with E-state index in [-0.39, 0.29) is 11.8 Å². The Balaban J connectivity index is 1.34. The molecule has 30 heavy (non-hydrogen) atoms. The molecule has 9 nitrogen and oxygen atoms in total. The molecule has 0 radical (unpaired) electrons. The highest BCUT2D eigenvalue weighted by atomic mass is 35.5. The van der Waals surface area contributed by atoms with Crippen molar-refractivity contribution in [3.05, 3.63) is 29.3 Å². The predicted molar refractivity (Wildman–Crippen MR) is 112 cm³/mol. The lowest BCUT2D eigenvalue weighted by molar-refractivity contribution is -0.137. The van der Waals surface area contributed by atoms with E-state index >= 15 is 0 Å². The average Bonchev–Trinajstić information content (AvgIpc) is 3.42. The molecule has 2 aromatic rings. The van der Waals surface area contributed by atoms with Crippen LogP contribution in [0, 0.1) is 0 Å². The van der Waals surface area contributed by atoms with Gasteiger partial charge in [-0.05, 0) is 48.7 Å². The second-order valence-corrected chi connectivity index (χ2v) is 8.24. The molecule has 1 saturated heterocycles. The zero-order valence-electron chi connectivity index (χ0n) is 17.0. The topological polar surface area (TPSA) is 96.2 Å². The van der Waals surface area contributed by atoms with Gasteiger partial charge in [-0.1, -0.05) is 18.5 Å². The number of hydrogen-bond acceptors (Lipinski definition) is 6. The highest BCUT2D eigenvalue weighted by Gasteiger charge is 2.30. The van der Waals surface area contributed by atoms with Gasteiger partial charge in [-0.25, -0.2) is 0 Å². The predicted octanol–water partition coefficient (Wildman–Crippen LogP) is 1.37. The summed E-state index contributed by atoms with van der Waals surface area (Å²) < 4.78 is 0. The Morgan fingerprint density at radius 1 is 1.17 bits per heavy atom. The molecule has 2 fully saturated rings. The summed E-state index contributed by atoms with van der Waals surface area (Å²) in [6.45, 7) is 4.87. The van der Waals surface area contributed by atoms with Crippen LogP contribution in [0.2, 0.25) is 5.02 Å². The third-order valence-electron chi connectivity index (χ3n) is 5.47. The molecule has 2 aliphatic rings. The highest BCUT2D eigenvalue weighted by molar-refractivity contribution is 6.30. The molecule has 0 unspecified atom stereocenters. The van der Waals surface area contributed by atoms with Gasteiger partial charge in [0.1, 0.15) is 0 Å². The Labute approximate surface area is 180 Å². The number of rotatable bonds is 7. The molecule has 2 heterocycles. The zero-order valence-corrected chi connectivity index (χ0v) is 17.8. The normalized spacial score (nSPS) is 18.3. The van der Waals surface area contributed by atoms with Crippen LogP contribution in [-0.4, -0.2) is 80.6 Å². The third-order valence-corrected chi connectivity index (χ3v) is 5.73. The number of nitrogens with one attached hydrogen (secondary N) is 1. The first kappa shape index (κ1) is 20.7. The Morgan fingerprint density at radius 2 is 1.87 bits per heavy atom. The van der Waals surface area contributed by atoms with Crippen molar-refractivity contribution >= 4 is 23.4 Å². The Morgan fingerprint density at radius 3 is 2.50 bits per heavy atom. The number of benzene rings is 1. The van der Waals surface area contributed by atoms with Gasteiger partial charge in [0.25, 0.3) is 0 Å². The molecule has 4 rings (SSSR count). The first-order chi connectivity index (χ1) is 14.5. The monoisotopic (exact) mass is 431 g/mol. The number of amides is 2. The average molecular weight is 432 g/mol. The largest absolute Gasteiger partial charge is 0.352 e. The summed E-state index contributed by atoms with van der Waals surface area (Å²) in [5, 5.41) is 16.3. The molecular formula is C20H26ClN7O2. The minimum Gasteiger partial charge on any atom is -0.352 e. The lowest BCUT2D eigenvalue weighted by Crippen LogP contribution is -2.52. The maximum absolute atomic E-state index is 13.1. The van der Waals surface area contributed by atoms with E-state index in [1.54, 1.807) is 12.1 Å². The van der Waals surface area contributed by atoms with Crippen LogP contribution in [0.25, 0.3) is 11.4 Å². The molecule has 0 bridgehead atoms. The molecule has 1 aliphatic carbocycles. The van der Waals surface area contributed by atoms with E-state index in [0.29, 0.717) is 56.0 Å². The minimum absolute atomic E-state index is 0.0142. The summed E-state index contributed by atoms with van der Waals surface area (Å²) in [5.41, 5.74) is 0.797. The minimum atomic E-state index is -0.497. The molecule has 1 atom stereocenters. The molecule has 1 saturated carbocycles. The molecule has 1 N–H and O–H groups in total. The van der Waals surface area contributed by atoms with Gasteiger partial charge in [0.05, 0.1) is 6.54 Å². The number of halogens is 1. The quantitative estimate of drug-likeness (QED) is 0.711. The van der Waals surface area contributed by atoms with E-state index < -0.39 is 6.04 Å². The second-order valence-electron chi connectivity index (χ2n) is 7.81. The molecule has 10 heteroatoms. The van der Waals surface area contributed by atoms with Crippen molar-refractivity contribution in [2.45, 2.75) is 38.3 Å². The number of piperazine rings is 1. The van der Waals surface area contributed by atoms with E-state index in [9.17, 15) is 9.59 Å². The number of tetrazole rings is 1. The molecule has 2 amide bonds.